The van der Waals surface area contributed by atoms with Crippen LogP contribution in [0.5, 0.6) is 0 Å². The lowest BCUT2D eigenvalue weighted by Gasteiger charge is -2.33. The Kier molecular flexibility index (Phi) is 2.44. The van der Waals surface area contributed by atoms with E-state index in [0.29, 0.717) is 0 Å². The maximum atomic E-state index is 3.62. The van der Waals surface area contributed by atoms with E-state index >= 15 is 0 Å². The number of rotatable bonds is 1. The minimum atomic E-state index is 0.784. The fraction of sp³-hybridized carbons (Fsp3) is 1.00. The molecule has 1 aliphatic heterocycles. The standard InChI is InChI=1S/C9H18N2/c1-3-8(4-1)9-7-10-5-2-6-11-9/h8-11H,1-7H2. The van der Waals surface area contributed by atoms with Crippen molar-refractivity contribution in [2.24, 2.45) is 5.92 Å². The van der Waals surface area contributed by atoms with Gasteiger partial charge in [-0.05, 0) is 38.3 Å². The van der Waals surface area contributed by atoms with E-state index < -0.39 is 0 Å². The van der Waals surface area contributed by atoms with Gasteiger partial charge in [-0.2, -0.15) is 0 Å². The lowest BCUT2D eigenvalue weighted by Crippen LogP contribution is -2.44. The minimum Gasteiger partial charge on any atom is -0.315 e. The van der Waals surface area contributed by atoms with Gasteiger partial charge in [0.25, 0.3) is 0 Å². The third-order valence-corrected chi connectivity index (χ3v) is 3.02. The van der Waals surface area contributed by atoms with Crippen LogP contribution >= 0.6 is 0 Å². The van der Waals surface area contributed by atoms with Gasteiger partial charge in [-0.1, -0.05) is 6.42 Å². The van der Waals surface area contributed by atoms with Crippen molar-refractivity contribution in [2.75, 3.05) is 19.6 Å². The molecule has 2 N–H and O–H groups in total. The molecule has 2 aliphatic rings. The first kappa shape index (κ1) is 7.56. The van der Waals surface area contributed by atoms with E-state index in [4.69, 9.17) is 0 Å². The summed E-state index contributed by atoms with van der Waals surface area (Å²) in [5, 5.41) is 7.10. The molecule has 0 spiro atoms. The van der Waals surface area contributed by atoms with E-state index in [2.05, 4.69) is 10.6 Å². The van der Waals surface area contributed by atoms with Gasteiger partial charge in [0.2, 0.25) is 0 Å². The van der Waals surface area contributed by atoms with E-state index in [1.165, 1.54) is 45.3 Å². The van der Waals surface area contributed by atoms with Crippen LogP contribution in [-0.4, -0.2) is 25.7 Å². The van der Waals surface area contributed by atoms with Gasteiger partial charge in [0.1, 0.15) is 0 Å². The molecule has 11 heavy (non-hydrogen) atoms. The monoisotopic (exact) mass is 154 g/mol. The van der Waals surface area contributed by atoms with Gasteiger partial charge in [0, 0.05) is 12.6 Å². The van der Waals surface area contributed by atoms with Gasteiger partial charge in [0.15, 0.2) is 0 Å². The highest BCUT2D eigenvalue weighted by atomic mass is 15.0. The van der Waals surface area contributed by atoms with Gasteiger partial charge in [-0.3, -0.25) is 0 Å². The highest BCUT2D eigenvalue weighted by molar-refractivity contribution is 4.85. The van der Waals surface area contributed by atoms with E-state index in [9.17, 15) is 0 Å². The third kappa shape index (κ3) is 1.74. The van der Waals surface area contributed by atoms with Crippen molar-refractivity contribution >= 4 is 0 Å². The summed E-state index contributed by atoms with van der Waals surface area (Å²) in [5.74, 6) is 0.987. The van der Waals surface area contributed by atoms with Gasteiger partial charge in [0.05, 0.1) is 0 Å². The Bertz CT molecular complexity index is 113. The Balaban J connectivity index is 1.80. The summed E-state index contributed by atoms with van der Waals surface area (Å²) in [4.78, 5) is 0. The second kappa shape index (κ2) is 3.55. The third-order valence-electron chi connectivity index (χ3n) is 3.02. The Labute approximate surface area is 68.7 Å². The van der Waals surface area contributed by atoms with Crippen molar-refractivity contribution in [2.45, 2.75) is 31.7 Å². The van der Waals surface area contributed by atoms with Crippen LogP contribution in [0.1, 0.15) is 25.7 Å². The van der Waals surface area contributed by atoms with E-state index in [0.717, 1.165) is 12.0 Å². The summed E-state index contributed by atoms with van der Waals surface area (Å²) in [6.45, 7) is 3.62. The zero-order valence-electron chi connectivity index (χ0n) is 7.10. The van der Waals surface area contributed by atoms with Crippen LogP contribution in [0.25, 0.3) is 0 Å². The molecule has 0 aromatic rings. The predicted molar refractivity (Wildman–Crippen MR) is 46.6 cm³/mol. The Morgan fingerprint density at radius 2 is 1.91 bits per heavy atom. The maximum absolute atomic E-state index is 3.62. The molecule has 1 aliphatic carbocycles. The molecule has 0 radical (unpaired) electrons. The van der Waals surface area contributed by atoms with Crippen LogP contribution in [0.3, 0.4) is 0 Å². The van der Waals surface area contributed by atoms with Gasteiger partial charge in [-0.15, -0.1) is 0 Å². The van der Waals surface area contributed by atoms with Crippen LogP contribution < -0.4 is 10.6 Å². The van der Waals surface area contributed by atoms with E-state index in [1.54, 1.807) is 0 Å². The van der Waals surface area contributed by atoms with E-state index in [-0.39, 0.29) is 0 Å². The predicted octanol–water partition coefficient (Wildman–Crippen LogP) is 0.738. The number of hydrogen-bond acceptors (Lipinski definition) is 2. The molecule has 2 nitrogen and oxygen atoms in total. The first-order valence-corrected chi connectivity index (χ1v) is 4.91. The molecule has 0 bridgehead atoms. The second-order valence-electron chi connectivity index (χ2n) is 3.81. The molecular formula is C9H18N2. The molecular weight excluding hydrogens is 136 g/mol. The van der Waals surface area contributed by atoms with Crippen molar-refractivity contribution in [1.29, 1.82) is 0 Å². The van der Waals surface area contributed by atoms with Crippen LogP contribution in [0.4, 0.5) is 0 Å². The quantitative estimate of drug-likeness (QED) is 0.582. The molecule has 0 aromatic heterocycles. The summed E-state index contributed by atoms with van der Waals surface area (Å²) < 4.78 is 0. The number of nitrogens with one attached hydrogen (secondary N) is 2. The van der Waals surface area contributed by atoms with Crippen LogP contribution in [0.15, 0.2) is 0 Å². The molecule has 2 rings (SSSR count). The topological polar surface area (TPSA) is 24.1 Å². The lowest BCUT2D eigenvalue weighted by atomic mass is 9.80. The van der Waals surface area contributed by atoms with Gasteiger partial charge < -0.3 is 10.6 Å². The fourth-order valence-corrected chi connectivity index (χ4v) is 2.01. The molecule has 1 unspecified atom stereocenters. The fourth-order valence-electron chi connectivity index (χ4n) is 2.01. The van der Waals surface area contributed by atoms with Crippen molar-refractivity contribution in [1.82, 2.24) is 10.6 Å². The molecule has 1 saturated heterocycles. The SMILES string of the molecule is C1CNCC(C2CCC2)NC1. The molecule has 64 valence electrons. The number of hydrogen-bond donors (Lipinski definition) is 2. The molecule has 2 heteroatoms. The Morgan fingerprint density at radius 3 is 2.64 bits per heavy atom. The molecule has 1 heterocycles. The molecule has 1 atom stereocenters. The summed E-state index contributed by atoms with van der Waals surface area (Å²) in [6, 6.07) is 0.784. The summed E-state index contributed by atoms with van der Waals surface area (Å²) in [5.41, 5.74) is 0. The second-order valence-corrected chi connectivity index (χ2v) is 3.81. The smallest absolute Gasteiger partial charge is 0.0220 e. The largest absolute Gasteiger partial charge is 0.315 e. The zero-order chi connectivity index (χ0) is 7.52. The molecule has 0 aromatic carbocycles. The average molecular weight is 154 g/mol. The summed E-state index contributed by atoms with van der Waals surface area (Å²) >= 11 is 0. The average Bonchev–Trinajstić information content (AvgIpc) is 2.12. The maximum Gasteiger partial charge on any atom is 0.0220 e. The highest BCUT2D eigenvalue weighted by Crippen LogP contribution is 2.29. The van der Waals surface area contributed by atoms with Crippen molar-refractivity contribution in [3.8, 4) is 0 Å². The first-order chi connectivity index (χ1) is 5.47. The van der Waals surface area contributed by atoms with Crippen molar-refractivity contribution < 1.29 is 0 Å². The van der Waals surface area contributed by atoms with Crippen LogP contribution in [0.2, 0.25) is 0 Å². The minimum absolute atomic E-state index is 0.784. The normalized spacial score (nSPS) is 34.4. The van der Waals surface area contributed by atoms with Crippen LogP contribution in [0, 0.1) is 5.92 Å². The molecule has 0 amide bonds. The molecule has 1 saturated carbocycles. The summed E-state index contributed by atoms with van der Waals surface area (Å²) in [7, 11) is 0. The first-order valence-electron chi connectivity index (χ1n) is 4.91. The van der Waals surface area contributed by atoms with Gasteiger partial charge in [-0.25, -0.2) is 0 Å². The zero-order valence-corrected chi connectivity index (χ0v) is 7.10. The van der Waals surface area contributed by atoms with E-state index in [1.807, 2.05) is 0 Å². The Hall–Kier alpha value is -0.0800. The van der Waals surface area contributed by atoms with Crippen LogP contribution in [-0.2, 0) is 0 Å². The highest BCUT2D eigenvalue weighted by Gasteiger charge is 2.26. The van der Waals surface area contributed by atoms with Gasteiger partial charge >= 0.3 is 0 Å². The lowest BCUT2D eigenvalue weighted by molar-refractivity contribution is 0.232. The van der Waals surface area contributed by atoms with Crippen molar-refractivity contribution in [3.05, 3.63) is 0 Å². The molecule has 2 fully saturated rings. The van der Waals surface area contributed by atoms with Crippen molar-refractivity contribution in [3.63, 3.8) is 0 Å². The Morgan fingerprint density at radius 1 is 1.00 bits per heavy atom. The summed E-state index contributed by atoms with van der Waals surface area (Å²) in [6.07, 6.45) is 5.67.